The summed E-state index contributed by atoms with van der Waals surface area (Å²) in [5.41, 5.74) is 6.16. The minimum Gasteiger partial charge on any atom is -0.478 e. The molecule has 0 amide bonds. The molecule has 0 spiro atoms. The van der Waals surface area contributed by atoms with Gasteiger partial charge in [0.1, 0.15) is 5.52 Å². The quantitative estimate of drug-likeness (QED) is 0.446. The highest BCUT2D eigenvalue weighted by Gasteiger charge is 2.18. The Balaban J connectivity index is 1.80. The maximum Gasteiger partial charge on any atom is 0.336 e. The smallest absolute Gasteiger partial charge is 0.336 e. The molecule has 4 aromatic rings. The van der Waals surface area contributed by atoms with Crippen molar-refractivity contribution < 1.29 is 14.6 Å². The van der Waals surface area contributed by atoms with Crippen molar-refractivity contribution in [1.82, 2.24) is 14.5 Å². The van der Waals surface area contributed by atoms with E-state index in [0.717, 1.165) is 40.0 Å². The van der Waals surface area contributed by atoms with Crippen LogP contribution in [0.15, 0.2) is 54.6 Å². The maximum absolute atomic E-state index is 12.0. The number of hydrogen-bond acceptors (Lipinski definition) is 4. The predicted octanol–water partition coefficient (Wildman–Crippen LogP) is 5.25. The van der Waals surface area contributed by atoms with Crippen molar-refractivity contribution in [3.63, 3.8) is 0 Å². The van der Waals surface area contributed by atoms with Crippen LogP contribution in [0.5, 0.6) is 6.01 Å². The van der Waals surface area contributed by atoms with Crippen molar-refractivity contribution in [3.8, 4) is 17.1 Å². The average molecular weight is 415 g/mol. The van der Waals surface area contributed by atoms with E-state index in [9.17, 15) is 9.90 Å². The van der Waals surface area contributed by atoms with Crippen LogP contribution >= 0.6 is 0 Å². The Hall–Kier alpha value is -3.67. The zero-order valence-electron chi connectivity index (χ0n) is 17.9. The zero-order chi connectivity index (χ0) is 22.0. The Morgan fingerprint density at radius 2 is 1.84 bits per heavy atom. The van der Waals surface area contributed by atoms with Gasteiger partial charge in [-0.15, -0.1) is 0 Å². The third-order valence-electron chi connectivity index (χ3n) is 5.16. The second-order valence-electron chi connectivity index (χ2n) is 7.63. The lowest BCUT2D eigenvalue weighted by Gasteiger charge is -2.12. The molecule has 0 aliphatic rings. The molecule has 158 valence electrons. The summed E-state index contributed by atoms with van der Waals surface area (Å²) in [5.74, 6) is -0.955. The molecular formula is C25H25N3O3. The number of carboxylic acid groups (broad SMARTS) is 1. The van der Waals surface area contributed by atoms with Crippen molar-refractivity contribution in [2.24, 2.45) is 0 Å². The summed E-state index contributed by atoms with van der Waals surface area (Å²) in [5, 5.41) is 9.84. The topological polar surface area (TPSA) is 77.2 Å². The lowest BCUT2D eigenvalue weighted by molar-refractivity contribution is 0.0697. The van der Waals surface area contributed by atoms with Crippen LogP contribution in [-0.4, -0.2) is 32.2 Å². The van der Waals surface area contributed by atoms with Gasteiger partial charge >= 0.3 is 5.97 Å². The first-order valence-corrected chi connectivity index (χ1v) is 10.4. The third-order valence-corrected chi connectivity index (χ3v) is 5.16. The number of hydrogen-bond donors (Lipinski definition) is 1. The van der Waals surface area contributed by atoms with Crippen LogP contribution in [0.1, 0.15) is 40.5 Å². The highest BCUT2D eigenvalue weighted by Crippen LogP contribution is 2.28. The molecule has 6 heteroatoms. The van der Waals surface area contributed by atoms with E-state index in [4.69, 9.17) is 4.74 Å². The lowest BCUT2D eigenvalue weighted by Crippen LogP contribution is -2.08. The number of pyridine rings is 1. The number of aromatic nitrogens is 3. The minimum absolute atomic E-state index is 0.268. The van der Waals surface area contributed by atoms with Crippen molar-refractivity contribution in [2.75, 3.05) is 6.61 Å². The van der Waals surface area contributed by atoms with Crippen LogP contribution in [0.2, 0.25) is 0 Å². The van der Waals surface area contributed by atoms with Crippen molar-refractivity contribution >= 4 is 17.1 Å². The fourth-order valence-electron chi connectivity index (χ4n) is 3.75. The Kier molecular flexibility index (Phi) is 5.71. The summed E-state index contributed by atoms with van der Waals surface area (Å²) in [4.78, 5) is 21.4. The zero-order valence-corrected chi connectivity index (χ0v) is 17.9. The van der Waals surface area contributed by atoms with E-state index in [1.807, 2.05) is 73.9 Å². The van der Waals surface area contributed by atoms with E-state index in [2.05, 4.69) is 9.97 Å². The van der Waals surface area contributed by atoms with Gasteiger partial charge in [-0.25, -0.2) is 9.78 Å². The van der Waals surface area contributed by atoms with Crippen LogP contribution < -0.4 is 4.74 Å². The number of nitrogens with zero attached hydrogens (tertiary/aromatic N) is 3. The molecule has 0 aliphatic heterocycles. The monoisotopic (exact) mass is 415 g/mol. The van der Waals surface area contributed by atoms with Gasteiger partial charge in [0.05, 0.1) is 18.7 Å². The van der Waals surface area contributed by atoms with Crippen molar-refractivity contribution in [3.05, 3.63) is 77.0 Å². The normalized spacial score (nSPS) is 11.1. The number of carboxylic acids is 1. The van der Waals surface area contributed by atoms with Gasteiger partial charge in [-0.1, -0.05) is 49.4 Å². The van der Waals surface area contributed by atoms with Gasteiger partial charge in [-0.2, -0.15) is 4.98 Å². The minimum atomic E-state index is -0.955. The van der Waals surface area contributed by atoms with Crippen LogP contribution in [-0.2, 0) is 6.54 Å². The molecule has 0 atom stereocenters. The summed E-state index contributed by atoms with van der Waals surface area (Å²) in [6.07, 6.45) is 0.865. The first-order chi connectivity index (χ1) is 15.0. The highest BCUT2D eigenvalue weighted by atomic mass is 16.5. The Morgan fingerprint density at radius 1 is 1.06 bits per heavy atom. The van der Waals surface area contributed by atoms with Gasteiger partial charge in [-0.05, 0) is 54.7 Å². The van der Waals surface area contributed by atoms with Gasteiger partial charge in [-0.3, -0.25) is 4.57 Å². The first-order valence-electron chi connectivity index (χ1n) is 10.4. The summed E-state index contributed by atoms with van der Waals surface area (Å²) in [6, 6.07) is 17.6. The van der Waals surface area contributed by atoms with Gasteiger partial charge < -0.3 is 9.84 Å². The molecule has 1 N–H and O–H groups in total. The third kappa shape index (κ3) is 4.14. The Morgan fingerprint density at radius 3 is 2.55 bits per heavy atom. The molecule has 0 unspecified atom stereocenters. The number of ether oxygens (including phenoxy) is 1. The fourth-order valence-corrected chi connectivity index (χ4v) is 3.75. The maximum atomic E-state index is 12.0. The molecule has 0 fully saturated rings. The molecule has 2 heterocycles. The summed E-state index contributed by atoms with van der Waals surface area (Å²) < 4.78 is 7.83. The standard InChI is InChI=1S/C25H25N3O3/c1-4-12-31-25-27-22-16(2)13-17(3)26-23(22)28(25)15-18-10-11-20(21(14-18)24(29)30)19-8-6-5-7-9-19/h5-11,13-14H,4,12,15H2,1-3H3,(H,29,30). The molecule has 0 saturated heterocycles. The first kappa shape index (κ1) is 20.6. The van der Waals surface area contributed by atoms with E-state index in [0.29, 0.717) is 24.7 Å². The van der Waals surface area contributed by atoms with E-state index < -0.39 is 5.97 Å². The molecule has 4 rings (SSSR count). The lowest BCUT2D eigenvalue weighted by atomic mass is 9.97. The van der Waals surface area contributed by atoms with E-state index in [1.165, 1.54) is 0 Å². The average Bonchev–Trinajstić information content (AvgIpc) is 3.10. The van der Waals surface area contributed by atoms with Crippen molar-refractivity contribution in [1.29, 1.82) is 0 Å². The Bertz CT molecular complexity index is 1250. The SMILES string of the molecule is CCCOc1nc2c(C)cc(C)nc2n1Cc1ccc(-c2ccccc2)c(C(=O)O)c1. The molecule has 0 aliphatic carbocycles. The van der Waals surface area contributed by atoms with Gasteiger partial charge in [0.15, 0.2) is 5.65 Å². The molecule has 0 saturated carbocycles. The van der Waals surface area contributed by atoms with E-state index >= 15 is 0 Å². The van der Waals surface area contributed by atoms with E-state index in [1.54, 1.807) is 6.07 Å². The molecule has 6 nitrogen and oxygen atoms in total. The fraction of sp³-hybridized carbons (Fsp3) is 0.240. The van der Waals surface area contributed by atoms with Crippen LogP contribution in [0.25, 0.3) is 22.3 Å². The van der Waals surface area contributed by atoms with Crippen LogP contribution in [0.4, 0.5) is 0 Å². The highest BCUT2D eigenvalue weighted by molar-refractivity contribution is 5.96. The number of imidazole rings is 1. The number of carbonyl (C=O) groups is 1. The van der Waals surface area contributed by atoms with Gasteiger partial charge in [0.25, 0.3) is 6.01 Å². The number of benzene rings is 2. The molecule has 0 bridgehead atoms. The largest absolute Gasteiger partial charge is 0.478 e. The van der Waals surface area contributed by atoms with Crippen molar-refractivity contribution in [2.45, 2.75) is 33.7 Å². The molecular weight excluding hydrogens is 390 g/mol. The van der Waals surface area contributed by atoms with Gasteiger partial charge in [0.2, 0.25) is 0 Å². The summed E-state index contributed by atoms with van der Waals surface area (Å²) >= 11 is 0. The molecule has 0 radical (unpaired) electrons. The van der Waals surface area contributed by atoms with Crippen LogP contribution in [0.3, 0.4) is 0 Å². The number of aryl methyl sites for hydroxylation is 2. The van der Waals surface area contributed by atoms with Crippen LogP contribution in [0, 0.1) is 13.8 Å². The number of rotatable bonds is 7. The molecule has 2 aromatic heterocycles. The Labute approximate surface area is 181 Å². The second kappa shape index (κ2) is 8.60. The predicted molar refractivity (Wildman–Crippen MR) is 121 cm³/mol. The van der Waals surface area contributed by atoms with E-state index in [-0.39, 0.29) is 5.56 Å². The second-order valence-corrected chi connectivity index (χ2v) is 7.63. The molecule has 2 aromatic carbocycles. The number of aromatic carboxylic acids is 1. The van der Waals surface area contributed by atoms with Gasteiger partial charge in [0, 0.05) is 5.69 Å². The molecule has 31 heavy (non-hydrogen) atoms. The number of fused-ring (bicyclic) bond motifs is 1. The summed E-state index contributed by atoms with van der Waals surface area (Å²) in [6.45, 7) is 6.97. The summed E-state index contributed by atoms with van der Waals surface area (Å²) in [7, 11) is 0.